The molecule has 2 aromatic rings. The van der Waals surface area contributed by atoms with Crippen molar-refractivity contribution in [2.24, 2.45) is 0 Å². The second-order valence-electron chi connectivity index (χ2n) is 6.61. The van der Waals surface area contributed by atoms with E-state index in [0.717, 1.165) is 19.1 Å². The number of anilines is 1. The lowest BCUT2D eigenvalue weighted by Crippen LogP contribution is -2.37. The van der Waals surface area contributed by atoms with E-state index in [2.05, 4.69) is 5.32 Å². The number of ether oxygens (including phenoxy) is 2. The van der Waals surface area contributed by atoms with Crippen molar-refractivity contribution in [1.82, 2.24) is 4.90 Å². The molecule has 0 aliphatic carbocycles. The number of methoxy groups -OCH3 is 1. The molecule has 1 aliphatic heterocycles. The molecule has 0 saturated heterocycles. The highest BCUT2D eigenvalue weighted by Gasteiger charge is 2.43. The molecule has 1 aliphatic rings. The normalized spacial score (nSPS) is 18.2. The first-order valence-corrected chi connectivity index (χ1v) is 11.5. The third-order valence-corrected chi connectivity index (χ3v) is 4.88. The summed E-state index contributed by atoms with van der Waals surface area (Å²) >= 11 is 0. The average molecular weight is 498 g/mol. The highest BCUT2D eigenvalue weighted by Crippen LogP contribution is 2.38. The van der Waals surface area contributed by atoms with Crippen molar-refractivity contribution in [1.29, 1.82) is 0 Å². The summed E-state index contributed by atoms with van der Waals surface area (Å²) in [5.74, 6) is -3.17. The molecule has 0 bridgehead atoms. The quantitative estimate of drug-likeness (QED) is 0.555. The van der Waals surface area contributed by atoms with Crippen molar-refractivity contribution in [3.05, 3.63) is 53.1 Å². The number of nitrogens with zero attached hydrogens (tertiary/aromatic N) is 1. The third kappa shape index (κ3) is 5.74. The highest BCUT2D eigenvalue weighted by molar-refractivity contribution is 7.90. The maximum atomic E-state index is 13.7. The molecule has 1 heterocycles. The number of carbonyl (C=O) groups is 3. The second kappa shape index (κ2) is 11.1. The summed E-state index contributed by atoms with van der Waals surface area (Å²) in [6, 6.07) is 3.52. The van der Waals surface area contributed by atoms with Crippen molar-refractivity contribution in [2.75, 3.05) is 30.9 Å². The van der Waals surface area contributed by atoms with Crippen LogP contribution in [0.3, 0.4) is 0 Å². The van der Waals surface area contributed by atoms with Crippen LogP contribution in [0.5, 0.6) is 11.5 Å². The summed E-state index contributed by atoms with van der Waals surface area (Å²) < 4.78 is 91.5. The standard InChI is InChI=1S/C22H24N2O7S.C2H6/c1-5-31-19-11-14(9-10-18(19)30-3)17(12-32(4,28)29)24-21(26)15-7-6-8-16(23-13(2)25)20(15)22(24)27;1-2/h6-11,17H,5,12H2,1-4H3,(H,23,25);1-2H3/t17-;/m1./s1/i4D3,12D2,17D;1D. The number of carbonyl (C=O) groups excluding carboxylic acids is 3. The number of sulfone groups is 1. The van der Waals surface area contributed by atoms with Gasteiger partial charge in [0.1, 0.15) is 9.84 Å². The summed E-state index contributed by atoms with van der Waals surface area (Å²) in [4.78, 5) is 38.9. The summed E-state index contributed by atoms with van der Waals surface area (Å²) in [6.45, 7) is 5.10. The lowest BCUT2D eigenvalue weighted by atomic mass is 10.1. The Morgan fingerprint density at radius 2 is 1.94 bits per heavy atom. The Labute approximate surface area is 209 Å². The van der Waals surface area contributed by atoms with Crippen LogP contribution in [0, 0.1) is 0 Å². The topological polar surface area (TPSA) is 119 Å². The Morgan fingerprint density at radius 1 is 1.24 bits per heavy atom. The van der Waals surface area contributed by atoms with E-state index in [1.807, 2.05) is 0 Å². The fourth-order valence-corrected chi connectivity index (χ4v) is 3.70. The summed E-state index contributed by atoms with van der Waals surface area (Å²) in [6.07, 6.45) is -3.96. The van der Waals surface area contributed by atoms with E-state index in [1.165, 1.54) is 31.4 Å². The molecule has 1 atom stereocenters. The molecule has 0 unspecified atom stereocenters. The maximum absolute atomic E-state index is 13.7. The van der Waals surface area contributed by atoms with Gasteiger partial charge in [0, 0.05) is 21.3 Å². The minimum absolute atomic E-state index is 0.0454. The number of hydrogen-bond acceptors (Lipinski definition) is 7. The molecule has 0 spiro atoms. The Balaban J connectivity index is 0.00000187. The molecule has 3 rings (SSSR count). The van der Waals surface area contributed by atoms with Gasteiger partial charge < -0.3 is 14.8 Å². The summed E-state index contributed by atoms with van der Waals surface area (Å²) in [5, 5.41) is 2.36. The molecule has 0 saturated carbocycles. The highest BCUT2D eigenvalue weighted by atomic mass is 32.2. The molecule has 0 fully saturated rings. The van der Waals surface area contributed by atoms with E-state index in [0.29, 0.717) is 6.90 Å². The van der Waals surface area contributed by atoms with Crippen LogP contribution >= 0.6 is 0 Å². The van der Waals surface area contributed by atoms with E-state index >= 15 is 0 Å². The van der Waals surface area contributed by atoms with Gasteiger partial charge in [0.2, 0.25) is 5.91 Å². The number of benzene rings is 2. The van der Waals surface area contributed by atoms with Crippen molar-refractivity contribution in [3.8, 4) is 11.5 Å². The van der Waals surface area contributed by atoms with Crippen LogP contribution in [0.4, 0.5) is 5.69 Å². The lowest BCUT2D eigenvalue weighted by Gasteiger charge is -2.27. The number of imide groups is 1. The Bertz CT molecular complexity index is 1450. The monoisotopic (exact) mass is 497 g/mol. The molecular weight excluding hydrogens is 460 g/mol. The van der Waals surface area contributed by atoms with Gasteiger partial charge in [-0.25, -0.2) is 8.42 Å². The van der Waals surface area contributed by atoms with Crippen molar-refractivity contribution in [3.63, 3.8) is 0 Å². The van der Waals surface area contributed by atoms with Gasteiger partial charge >= 0.3 is 0 Å². The minimum atomic E-state index is -5.87. The second-order valence-corrected chi connectivity index (χ2v) is 7.82. The predicted molar refractivity (Wildman–Crippen MR) is 129 cm³/mol. The molecule has 1 N–H and O–H groups in total. The van der Waals surface area contributed by atoms with Gasteiger partial charge in [0.15, 0.2) is 11.5 Å². The Morgan fingerprint density at radius 3 is 2.53 bits per heavy atom. The lowest BCUT2D eigenvalue weighted by molar-refractivity contribution is -0.114. The van der Waals surface area contributed by atoms with Crippen molar-refractivity contribution < 1.29 is 41.9 Å². The largest absolute Gasteiger partial charge is 0.493 e. The van der Waals surface area contributed by atoms with E-state index in [9.17, 15) is 24.2 Å². The van der Waals surface area contributed by atoms with E-state index in [1.54, 1.807) is 13.8 Å². The zero-order chi connectivity index (χ0) is 31.6. The number of nitrogens with one attached hydrogen (secondary N) is 1. The zero-order valence-electron chi connectivity index (χ0n) is 26.1. The van der Waals surface area contributed by atoms with Crippen LogP contribution in [-0.4, -0.2) is 56.6 Å². The Kier molecular flexibility index (Phi) is 5.90. The Hall–Kier alpha value is -3.40. The summed E-state index contributed by atoms with van der Waals surface area (Å²) in [7, 11) is -4.58. The third-order valence-electron chi connectivity index (χ3n) is 4.42. The molecular formula is C24H30N2O7S. The van der Waals surface area contributed by atoms with Crippen LogP contribution in [0.2, 0.25) is 0 Å². The van der Waals surface area contributed by atoms with Gasteiger partial charge in [-0.1, -0.05) is 26.0 Å². The average Bonchev–Trinajstić information content (AvgIpc) is 3.13. The molecule has 0 aromatic heterocycles. The molecule has 0 radical (unpaired) electrons. The number of amides is 3. The number of hydrogen-bond donors (Lipinski definition) is 1. The van der Waals surface area contributed by atoms with Gasteiger partial charge in [-0.15, -0.1) is 0 Å². The van der Waals surface area contributed by atoms with Gasteiger partial charge in [-0.3, -0.25) is 19.3 Å². The van der Waals surface area contributed by atoms with Crippen LogP contribution in [-0.2, 0) is 14.6 Å². The fraction of sp³-hybridized carbons (Fsp3) is 0.375. The smallest absolute Gasteiger partial charge is 0.264 e. The molecule has 184 valence electrons. The van der Waals surface area contributed by atoms with Crippen LogP contribution in [0.25, 0.3) is 0 Å². The molecule has 2 aromatic carbocycles. The first-order chi connectivity index (χ1) is 18.9. The minimum Gasteiger partial charge on any atom is -0.493 e. The van der Waals surface area contributed by atoms with Crippen LogP contribution in [0.1, 0.15) is 69.6 Å². The van der Waals surface area contributed by atoms with Gasteiger partial charge in [-0.05, 0) is 36.8 Å². The van der Waals surface area contributed by atoms with Crippen LogP contribution < -0.4 is 14.8 Å². The first kappa shape index (κ1) is 18.0. The van der Waals surface area contributed by atoms with E-state index in [4.69, 9.17) is 17.7 Å². The number of fused-ring (bicyclic) bond motifs is 1. The number of rotatable bonds is 8. The molecule has 9 nitrogen and oxygen atoms in total. The van der Waals surface area contributed by atoms with Crippen molar-refractivity contribution >= 4 is 33.2 Å². The predicted octanol–water partition coefficient (Wildman–Crippen LogP) is 3.46. The van der Waals surface area contributed by atoms with E-state index in [-0.39, 0.29) is 34.3 Å². The zero-order valence-corrected chi connectivity index (χ0v) is 19.9. The summed E-state index contributed by atoms with van der Waals surface area (Å²) in [5.41, 5.74) is -5.56. The van der Waals surface area contributed by atoms with Gasteiger partial charge in [-0.2, -0.15) is 0 Å². The van der Waals surface area contributed by atoms with Crippen molar-refractivity contribution in [2.45, 2.75) is 33.7 Å². The van der Waals surface area contributed by atoms with Crippen LogP contribution in [0.15, 0.2) is 36.4 Å². The van der Waals surface area contributed by atoms with E-state index < -0.39 is 56.6 Å². The molecule has 3 amide bonds. The SMILES string of the molecule is [2H]C([2H])([2H])S(=O)(=O)C([2H])([2H])[C@]([2H])(c1ccc(OC)c(OCC)c1)N1C(=O)c2cccc(NC(C)=O)c2C1=O.[2H]CC. The fourth-order valence-electron chi connectivity index (χ4n) is 3.24. The van der Waals surface area contributed by atoms with Gasteiger partial charge in [0.05, 0.1) is 43.6 Å². The first-order valence-electron chi connectivity index (χ1n) is 13.7. The molecule has 10 heteroatoms. The van der Waals surface area contributed by atoms with Gasteiger partial charge in [0.25, 0.3) is 11.8 Å². The maximum Gasteiger partial charge on any atom is 0.264 e. The molecule has 34 heavy (non-hydrogen) atoms.